The van der Waals surface area contributed by atoms with Crippen LogP contribution in [0.2, 0.25) is 0 Å². The third-order valence-electron chi connectivity index (χ3n) is 3.29. The van der Waals surface area contributed by atoms with Gasteiger partial charge in [0, 0.05) is 16.8 Å². The van der Waals surface area contributed by atoms with Crippen LogP contribution in [0.15, 0.2) is 54.6 Å². The Bertz CT molecular complexity index is 843. The highest BCUT2D eigenvalue weighted by Gasteiger charge is 2.09. The molecule has 0 radical (unpaired) electrons. The molecule has 3 rings (SSSR count). The van der Waals surface area contributed by atoms with E-state index in [-0.39, 0.29) is 0 Å². The number of hydrogen-bond acceptors (Lipinski definition) is 3. The number of nitrogens with zero attached hydrogens (tertiary/aromatic N) is 1. The first-order chi connectivity index (χ1) is 10.6. The molecule has 1 heterocycles. The summed E-state index contributed by atoms with van der Waals surface area (Å²) in [5, 5.41) is 3.66. The summed E-state index contributed by atoms with van der Waals surface area (Å²) in [6.45, 7) is 3.87. The van der Waals surface area contributed by atoms with E-state index in [2.05, 4.69) is 10.3 Å². The number of hydrogen-bond donors (Lipinski definition) is 1. The van der Waals surface area contributed by atoms with Crippen molar-refractivity contribution in [3.05, 3.63) is 65.9 Å². The molecule has 4 nitrogen and oxygen atoms in total. The van der Waals surface area contributed by atoms with Crippen molar-refractivity contribution in [2.24, 2.45) is 0 Å². The molecule has 0 unspecified atom stereocenters. The maximum Gasteiger partial charge on any atom is 0.417 e. The zero-order valence-electron chi connectivity index (χ0n) is 12.5. The van der Waals surface area contributed by atoms with E-state index in [1.54, 1.807) is 6.07 Å². The topological polar surface area (TPSA) is 51.2 Å². The fourth-order valence-corrected chi connectivity index (χ4v) is 2.27. The summed E-state index contributed by atoms with van der Waals surface area (Å²) in [6.07, 6.45) is -0.526. The van der Waals surface area contributed by atoms with Gasteiger partial charge in [-0.1, -0.05) is 30.3 Å². The van der Waals surface area contributed by atoms with E-state index in [9.17, 15) is 4.79 Å². The second kappa shape index (κ2) is 5.85. The lowest BCUT2D eigenvalue weighted by Gasteiger charge is -2.09. The number of anilines is 1. The molecule has 4 heteroatoms. The third kappa shape index (κ3) is 3.06. The average Bonchev–Trinajstić information content (AvgIpc) is 2.48. The number of fused-ring (bicyclic) bond motifs is 1. The standard InChI is InChI=1S/C18H16N2O2/c1-12-5-3-7-15(11-12)20-18(21)22-16-8-4-6-14-10-9-13(2)19-17(14)16/h3-11H,1-2H3,(H,20,21). The van der Waals surface area contributed by atoms with Crippen molar-refractivity contribution in [3.8, 4) is 5.75 Å². The predicted octanol–water partition coefficient (Wildman–Crippen LogP) is 4.46. The molecule has 1 aromatic heterocycles. The second-order valence-electron chi connectivity index (χ2n) is 5.16. The molecule has 0 bridgehead atoms. The Morgan fingerprint density at radius 1 is 1.05 bits per heavy atom. The number of rotatable bonds is 2. The maximum absolute atomic E-state index is 12.1. The van der Waals surface area contributed by atoms with Crippen LogP contribution in [0.3, 0.4) is 0 Å². The van der Waals surface area contributed by atoms with Gasteiger partial charge in [0.25, 0.3) is 0 Å². The molecule has 110 valence electrons. The lowest BCUT2D eigenvalue weighted by molar-refractivity contribution is 0.215. The Morgan fingerprint density at radius 2 is 1.86 bits per heavy atom. The van der Waals surface area contributed by atoms with Gasteiger partial charge < -0.3 is 4.74 Å². The Hall–Kier alpha value is -2.88. The molecule has 0 atom stereocenters. The van der Waals surface area contributed by atoms with Crippen molar-refractivity contribution >= 4 is 22.7 Å². The Labute approximate surface area is 128 Å². The number of nitrogens with one attached hydrogen (secondary N) is 1. The largest absolute Gasteiger partial charge is 0.417 e. The Balaban J connectivity index is 1.83. The number of carbonyl (C=O) groups excluding carboxylic acids is 1. The molecule has 0 fully saturated rings. The Morgan fingerprint density at radius 3 is 2.68 bits per heavy atom. The number of carbonyl (C=O) groups is 1. The highest BCUT2D eigenvalue weighted by atomic mass is 16.6. The van der Waals surface area contributed by atoms with E-state index in [0.717, 1.165) is 16.6 Å². The number of pyridine rings is 1. The molecular formula is C18H16N2O2. The summed E-state index contributed by atoms with van der Waals surface area (Å²) >= 11 is 0. The highest BCUT2D eigenvalue weighted by molar-refractivity contribution is 5.91. The maximum atomic E-state index is 12.1. The van der Waals surface area contributed by atoms with Crippen LogP contribution in [-0.4, -0.2) is 11.1 Å². The third-order valence-corrected chi connectivity index (χ3v) is 3.29. The molecule has 22 heavy (non-hydrogen) atoms. The van der Waals surface area contributed by atoms with Crippen molar-refractivity contribution in [1.82, 2.24) is 4.98 Å². The first-order valence-electron chi connectivity index (χ1n) is 7.04. The van der Waals surface area contributed by atoms with E-state index in [1.807, 2.05) is 62.4 Å². The number of aromatic nitrogens is 1. The predicted molar refractivity (Wildman–Crippen MR) is 87.3 cm³/mol. The van der Waals surface area contributed by atoms with Crippen molar-refractivity contribution in [2.45, 2.75) is 13.8 Å². The first kappa shape index (κ1) is 14.1. The molecule has 1 amide bonds. The van der Waals surface area contributed by atoms with Gasteiger partial charge in [0.05, 0.1) is 0 Å². The molecule has 0 spiro atoms. The van der Waals surface area contributed by atoms with Crippen LogP contribution in [0.1, 0.15) is 11.3 Å². The van der Waals surface area contributed by atoms with Gasteiger partial charge >= 0.3 is 6.09 Å². The zero-order valence-corrected chi connectivity index (χ0v) is 12.5. The normalized spacial score (nSPS) is 10.5. The van der Waals surface area contributed by atoms with Crippen LogP contribution < -0.4 is 10.1 Å². The lowest BCUT2D eigenvalue weighted by atomic mass is 10.2. The molecule has 2 aromatic carbocycles. The summed E-state index contributed by atoms with van der Waals surface area (Å²) in [7, 11) is 0. The minimum atomic E-state index is -0.526. The van der Waals surface area contributed by atoms with Crippen LogP contribution in [0.5, 0.6) is 5.75 Å². The molecule has 1 N–H and O–H groups in total. The molecule has 0 aliphatic rings. The molecule has 3 aromatic rings. The summed E-state index contributed by atoms with van der Waals surface area (Å²) in [5.41, 5.74) is 3.33. The van der Waals surface area contributed by atoms with Gasteiger partial charge in [-0.25, -0.2) is 9.78 Å². The average molecular weight is 292 g/mol. The number of ether oxygens (including phenoxy) is 1. The first-order valence-corrected chi connectivity index (χ1v) is 7.04. The van der Waals surface area contributed by atoms with Gasteiger partial charge in [0.15, 0.2) is 5.75 Å². The van der Waals surface area contributed by atoms with Crippen molar-refractivity contribution < 1.29 is 9.53 Å². The SMILES string of the molecule is Cc1cccc(NC(=O)Oc2cccc3ccc(C)nc23)c1. The van der Waals surface area contributed by atoms with Crippen molar-refractivity contribution in [1.29, 1.82) is 0 Å². The fourth-order valence-electron chi connectivity index (χ4n) is 2.27. The summed E-state index contributed by atoms with van der Waals surface area (Å²) in [6, 6.07) is 17.0. The van der Waals surface area contributed by atoms with E-state index >= 15 is 0 Å². The highest BCUT2D eigenvalue weighted by Crippen LogP contribution is 2.24. The lowest BCUT2D eigenvalue weighted by Crippen LogP contribution is -2.17. The van der Waals surface area contributed by atoms with Crippen LogP contribution in [0.25, 0.3) is 10.9 Å². The van der Waals surface area contributed by atoms with Crippen molar-refractivity contribution in [3.63, 3.8) is 0 Å². The van der Waals surface area contributed by atoms with Crippen LogP contribution >= 0.6 is 0 Å². The van der Waals surface area contributed by atoms with E-state index in [4.69, 9.17) is 4.74 Å². The van der Waals surface area contributed by atoms with Gasteiger partial charge in [0.2, 0.25) is 0 Å². The van der Waals surface area contributed by atoms with E-state index < -0.39 is 6.09 Å². The molecule has 0 aliphatic carbocycles. The van der Waals surface area contributed by atoms with Crippen LogP contribution in [0, 0.1) is 13.8 Å². The van der Waals surface area contributed by atoms with E-state index in [0.29, 0.717) is 17.0 Å². The quantitative estimate of drug-likeness (QED) is 0.758. The second-order valence-corrected chi connectivity index (χ2v) is 5.16. The fraction of sp³-hybridized carbons (Fsp3) is 0.111. The number of para-hydroxylation sites is 1. The summed E-state index contributed by atoms with van der Waals surface area (Å²) in [5.74, 6) is 0.450. The molecule has 0 saturated heterocycles. The minimum absolute atomic E-state index is 0.450. The smallest absolute Gasteiger partial charge is 0.408 e. The van der Waals surface area contributed by atoms with Crippen molar-refractivity contribution in [2.75, 3.05) is 5.32 Å². The number of benzene rings is 2. The number of aryl methyl sites for hydroxylation is 2. The zero-order chi connectivity index (χ0) is 15.5. The molecule has 0 aliphatic heterocycles. The summed E-state index contributed by atoms with van der Waals surface area (Å²) < 4.78 is 5.41. The Kier molecular flexibility index (Phi) is 3.74. The molecule has 0 saturated carbocycles. The van der Waals surface area contributed by atoms with Crippen LogP contribution in [-0.2, 0) is 0 Å². The number of amides is 1. The summed E-state index contributed by atoms with van der Waals surface area (Å²) in [4.78, 5) is 16.5. The molecular weight excluding hydrogens is 276 g/mol. The monoisotopic (exact) mass is 292 g/mol. The van der Waals surface area contributed by atoms with Gasteiger partial charge in [0.1, 0.15) is 5.52 Å². The minimum Gasteiger partial charge on any atom is -0.408 e. The van der Waals surface area contributed by atoms with Gasteiger partial charge in [-0.15, -0.1) is 0 Å². The van der Waals surface area contributed by atoms with Gasteiger partial charge in [-0.3, -0.25) is 5.32 Å². The van der Waals surface area contributed by atoms with Crippen LogP contribution in [0.4, 0.5) is 10.5 Å². The van der Waals surface area contributed by atoms with E-state index in [1.165, 1.54) is 0 Å². The van der Waals surface area contributed by atoms with Gasteiger partial charge in [-0.05, 0) is 43.7 Å². The van der Waals surface area contributed by atoms with Gasteiger partial charge in [-0.2, -0.15) is 0 Å².